The number of hydrogen-bond acceptors (Lipinski definition) is 7. The Kier molecular flexibility index (Phi) is 4.32. The Bertz CT molecular complexity index is 1070. The Hall–Kier alpha value is -3.26. The van der Waals surface area contributed by atoms with Crippen LogP contribution < -0.4 is 9.47 Å². The number of fused-ring (bicyclic) bond motifs is 1. The first-order chi connectivity index (χ1) is 12.8. The van der Waals surface area contributed by atoms with Gasteiger partial charge in [-0.05, 0) is 35.9 Å². The molecule has 0 unspecified atom stereocenters. The maximum Gasteiger partial charge on any atom is 0.235 e. The van der Waals surface area contributed by atoms with Gasteiger partial charge in [-0.3, -0.25) is 4.98 Å². The molecule has 0 atom stereocenters. The molecule has 0 saturated heterocycles. The number of pyridine rings is 1. The number of hydrogen-bond donors (Lipinski definition) is 0. The molecule has 0 fully saturated rings. The fraction of sp³-hybridized carbons (Fsp3) is 0.111. The first-order valence-electron chi connectivity index (χ1n) is 7.81. The molecule has 4 rings (SSSR count). The fourth-order valence-electron chi connectivity index (χ4n) is 2.50. The van der Waals surface area contributed by atoms with Crippen molar-refractivity contribution < 1.29 is 9.47 Å². The van der Waals surface area contributed by atoms with Crippen LogP contribution in [0.25, 0.3) is 28.5 Å². The molecule has 0 aliphatic rings. The average molecular weight is 365 g/mol. The van der Waals surface area contributed by atoms with E-state index in [4.69, 9.17) is 9.47 Å². The molecule has 3 aromatic heterocycles. The second-order valence-corrected chi connectivity index (χ2v) is 6.34. The molecule has 26 heavy (non-hydrogen) atoms. The van der Waals surface area contributed by atoms with Gasteiger partial charge in [0.2, 0.25) is 4.96 Å². The zero-order chi connectivity index (χ0) is 17.9. The van der Waals surface area contributed by atoms with Gasteiger partial charge in [0.1, 0.15) is 5.01 Å². The van der Waals surface area contributed by atoms with Crippen molar-refractivity contribution in [2.24, 2.45) is 0 Å². The Labute approximate surface area is 153 Å². The first kappa shape index (κ1) is 16.2. The van der Waals surface area contributed by atoms with Gasteiger partial charge in [0.05, 0.1) is 14.2 Å². The standard InChI is InChI=1S/C18H15N5O2S/c1-24-14-7-6-13(10-15(14)25-2)17-20-21-18-23(17)22-16(26-18)8-5-12-4-3-9-19-11-12/h3-11H,1-2H3. The highest BCUT2D eigenvalue weighted by Gasteiger charge is 2.14. The molecule has 130 valence electrons. The van der Waals surface area contributed by atoms with Gasteiger partial charge in [-0.25, -0.2) is 0 Å². The lowest BCUT2D eigenvalue weighted by atomic mass is 10.2. The van der Waals surface area contributed by atoms with Crippen molar-refractivity contribution in [3.8, 4) is 22.9 Å². The van der Waals surface area contributed by atoms with Gasteiger partial charge in [0.25, 0.3) is 0 Å². The van der Waals surface area contributed by atoms with Crippen molar-refractivity contribution in [3.05, 3.63) is 53.3 Å². The van der Waals surface area contributed by atoms with Gasteiger partial charge < -0.3 is 9.47 Å². The summed E-state index contributed by atoms with van der Waals surface area (Å²) in [6, 6.07) is 9.49. The van der Waals surface area contributed by atoms with E-state index in [0.29, 0.717) is 17.3 Å². The van der Waals surface area contributed by atoms with E-state index in [0.717, 1.165) is 21.1 Å². The molecular formula is C18H15N5O2S. The van der Waals surface area contributed by atoms with E-state index < -0.39 is 0 Å². The SMILES string of the molecule is COc1ccc(-c2nnc3sc(C=Cc4cccnc4)nn23)cc1OC. The van der Waals surface area contributed by atoms with Crippen LogP contribution in [0.3, 0.4) is 0 Å². The lowest BCUT2D eigenvalue weighted by Crippen LogP contribution is -1.94. The minimum absolute atomic E-state index is 0.633. The van der Waals surface area contributed by atoms with Gasteiger partial charge in [-0.1, -0.05) is 23.5 Å². The van der Waals surface area contributed by atoms with Crippen LogP contribution in [0.5, 0.6) is 11.5 Å². The summed E-state index contributed by atoms with van der Waals surface area (Å²) < 4.78 is 12.4. The van der Waals surface area contributed by atoms with Gasteiger partial charge >= 0.3 is 0 Å². The third-order valence-corrected chi connectivity index (χ3v) is 4.62. The van der Waals surface area contributed by atoms with Crippen LogP contribution in [0, 0.1) is 0 Å². The molecule has 0 saturated carbocycles. The predicted octanol–water partition coefficient (Wildman–Crippen LogP) is 3.44. The molecule has 0 amide bonds. The second-order valence-electron chi connectivity index (χ2n) is 5.35. The number of methoxy groups -OCH3 is 2. The lowest BCUT2D eigenvalue weighted by molar-refractivity contribution is 0.355. The molecule has 0 bridgehead atoms. The molecule has 1 aromatic carbocycles. The first-order valence-corrected chi connectivity index (χ1v) is 8.63. The average Bonchev–Trinajstić information content (AvgIpc) is 3.27. The van der Waals surface area contributed by atoms with Crippen LogP contribution in [0.4, 0.5) is 0 Å². The number of nitrogens with zero attached hydrogens (tertiary/aromatic N) is 5. The van der Waals surface area contributed by atoms with Crippen LogP contribution in [-0.2, 0) is 0 Å². The van der Waals surface area contributed by atoms with E-state index in [1.807, 2.05) is 42.5 Å². The minimum Gasteiger partial charge on any atom is -0.493 e. The summed E-state index contributed by atoms with van der Waals surface area (Å²) in [5.74, 6) is 1.95. The van der Waals surface area contributed by atoms with E-state index in [1.54, 1.807) is 31.1 Å². The minimum atomic E-state index is 0.633. The summed E-state index contributed by atoms with van der Waals surface area (Å²) in [5, 5.41) is 13.9. The highest BCUT2D eigenvalue weighted by Crippen LogP contribution is 2.32. The highest BCUT2D eigenvalue weighted by molar-refractivity contribution is 7.17. The molecular weight excluding hydrogens is 350 g/mol. The zero-order valence-corrected chi connectivity index (χ0v) is 15.0. The van der Waals surface area contributed by atoms with Crippen molar-refractivity contribution in [2.45, 2.75) is 0 Å². The van der Waals surface area contributed by atoms with Crippen molar-refractivity contribution in [3.63, 3.8) is 0 Å². The largest absolute Gasteiger partial charge is 0.493 e. The third kappa shape index (κ3) is 3.02. The molecule has 0 spiro atoms. The van der Waals surface area contributed by atoms with E-state index in [2.05, 4.69) is 20.3 Å². The smallest absolute Gasteiger partial charge is 0.235 e. The quantitative estimate of drug-likeness (QED) is 0.539. The van der Waals surface area contributed by atoms with Gasteiger partial charge in [0, 0.05) is 18.0 Å². The molecule has 0 aliphatic carbocycles. The van der Waals surface area contributed by atoms with Crippen LogP contribution in [-0.4, -0.2) is 39.0 Å². The number of aromatic nitrogens is 5. The number of benzene rings is 1. The highest BCUT2D eigenvalue weighted by atomic mass is 32.1. The summed E-state index contributed by atoms with van der Waals surface area (Å²) in [7, 11) is 3.21. The summed E-state index contributed by atoms with van der Waals surface area (Å²) in [4.78, 5) is 4.82. The zero-order valence-electron chi connectivity index (χ0n) is 14.2. The predicted molar refractivity (Wildman–Crippen MR) is 100 cm³/mol. The van der Waals surface area contributed by atoms with E-state index in [9.17, 15) is 0 Å². The molecule has 0 radical (unpaired) electrons. The van der Waals surface area contributed by atoms with Gasteiger partial charge in [-0.15, -0.1) is 10.2 Å². The van der Waals surface area contributed by atoms with Crippen LogP contribution in [0.2, 0.25) is 0 Å². The molecule has 0 aliphatic heterocycles. The van der Waals surface area contributed by atoms with Crippen molar-refractivity contribution in [2.75, 3.05) is 14.2 Å². The summed E-state index contributed by atoms with van der Waals surface area (Å²) in [6.07, 6.45) is 7.45. The van der Waals surface area contributed by atoms with Crippen LogP contribution in [0.1, 0.15) is 10.6 Å². The maximum absolute atomic E-state index is 5.36. The maximum atomic E-state index is 5.36. The summed E-state index contributed by atoms with van der Waals surface area (Å²) in [6.45, 7) is 0. The number of ether oxygens (including phenoxy) is 2. The van der Waals surface area contributed by atoms with Crippen LogP contribution in [0.15, 0.2) is 42.7 Å². The third-order valence-electron chi connectivity index (χ3n) is 3.75. The molecule has 4 aromatic rings. The van der Waals surface area contributed by atoms with E-state index in [-0.39, 0.29) is 0 Å². The fourth-order valence-corrected chi connectivity index (χ4v) is 3.24. The molecule has 3 heterocycles. The second kappa shape index (κ2) is 6.93. The Morgan fingerprint density at radius 2 is 1.92 bits per heavy atom. The monoisotopic (exact) mass is 365 g/mol. The Morgan fingerprint density at radius 1 is 1.04 bits per heavy atom. The molecule has 7 nitrogen and oxygen atoms in total. The summed E-state index contributed by atoms with van der Waals surface area (Å²) in [5.41, 5.74) is 1.86. The van der Waals surface area contributed by atoms with E-state index in [1.165, 1.54) is 11.3 Å². The van der Waals surface area contributed by atoms with Crippen molar-refractivity contribution in [1.29, 1.82) is 0 Å². The Balaban J connectivity index is 1.69. The topological polar surface area (TPSA) is 74.4 Å². The van der Waals surface area contributed by atoms with Crippen LogP contribution >= 0.6 is 11.3 Å². The molecule has 8 heteroatoms. The van der Waals surface area contributed by atoms with Crippen molar-refractivity contribution in [1.82, 2.24) is 24.8 Å². The van der Waals surface area contributed by atoms with Crippen molar-refractivity contribution >= 4 is 28.4 Å². The van der Waals surface area contributed by atoms with E-state index >= 15 is 0 Å². The normalized spacial score (nSPS) is 11.3. The molecule has 0 N–H and O–H groups in total. The number of rotatable bonds is 5. The lowest BCUT2D eigenvalue weighted by Gasteiger charge is -2.08. The Morgan fingerprint density at radius 3 is 2.69 bits per heavy atom. The van der Waals surface area contributed by atoms with Gasteiger partial charge in [0.15, 0.2) is 17.3 Å². The van der Waals surface area contributed by atoms with Gasteiger partial charge in [-0.2, -0.15) is 9.61 Å². The summed E-state index contributed by atoms with van der Waals surface area (Å²) >= 11 is 1.46.